The van der Waals surface area contributed by atoms with Crippen LogP contribution >= 0.6 is 0 Å². The molecule has 0 aromatic heterocycles. The zero-order valence-corrected chi connectivity index (χ0v) is 6.57. The van der Waals surface area contributed by atoms with Crippen LogP contribution in [0.15, 0.2) is 29.4 Å². The minimum Gasteiger partial charge on any atom is -0.0859 e. The van der Waals surface area contributed by atoms with Crippen LogP contribution in [0, 0.1) is 0 Å². The summed E-state index contributed by atoms with van der Waals surface area (Å²) in [5.74, 6) is 0. The van der Waals surface area contributed by atoms with E-state index in [1.165, 1.54) is 0 Å². The number of hydrogen-bond donors (Lipinski definition) is 0. The van der Waals surface area contributed by atoms with Crippen molar-refractivity contribution in [3.05, 3.63) is 45.8 Å². The quantitative estimate of drug-likeness (QED) is 0.344. The minimum atomic E-state index is -1.06. The minimum absolute atomic E-state index is 0.594. The van der Waals surface area contributed by atoms with Gasteiger partial charge in [-0.05, 0) is 29.5 Å². The Labute approximate surface area is 72.1 Å². The first-order chi connectivity index (χ1) is 6.26. The average molecular weight is 160 g/mol. The summed E-state index contributed by atoms with van der Waals surface area (Å²) in [7, 11) is 0. The topological polar surface area (TPSA) is 48.8 Å². The second-order valence-electron chi connectivity index (χ2n) is 2.79. The van der Waals surface area contributed by atoms with Gasteiger partial charge in [0, 0.05) is 6.28 Å². The van der Waals surface area contributed by atoms with Crippen LogP contribution in [-0.4, -0.2) is 0 Å². The molecule has 0 spiro atoms. The fraction of sp³-hybridized carbons (Fsp3) is 0.333. The molecule has 1 unspecified atom stereocenters. The van der Waals surface area contributed by atoms with Crippen molar-refractivity contribution < 1.29 is 1.37 Å². The molecular formula is C9H9N3. The normalized spacial score (nSPS) is 27.2. The summed E-state index contributed by atoms with van der Waals surface area (Å²) in [5, 5.41) is 3.54. The van der Waals surface area contributed by atoms with Crippen LogP contribution in [0.1, 0.15) is 24.9 Å². The number of hydrogen-bond acceptors (Lipinski definition) is 1. The van der Waals surface area contributed by atoms with Gasteiger partial charge >= 0.3 is 0 Å². The van der Waals surface area contributed by atoms with Crippen molar-refractivity contribution in [1.82, 2.24) is 0 Å². The highest BCUT2D eigenvalue weighted by atomic mass is 15.1. The van der Waals surface area contributed by atoms with Gasteiger partial charge < -0.3 is 0 Å². The molecule has 0 bridgehead atoms. The molecule has 60 valence electrons. The highest BCUT2D eigenvalue weighted by Gasteiger charge is 2.19. The lowest BCUT2D eigenvalue weighted by Gasteiger charge is -2.01. The van der Waals surface area contributed by atoms with Crippen molar-refractivity contribution in [1.29, 1.82) is 0 Å². The Balaban J connectivity index is 2.54. The molecule has 0 fully saturated rings. The predicted molar refractivity (Wildman–Crippen MR) is 46.7 cm³/mol. The van der Waals surface area contributed by atoms with E-state index >= 15 is 0 Å². The fourth-order valence-electron chi connectivity index (χ4n) is 1.57. The molecule has 3 heteroatoms. The number of nitrogens with zero attached hydrogens (tertiary/aromatic N) is 3. The first-order valence-electron chi connectivity index (χ1n) is 4.41. The number of rotatable bonds is 1. The maximum absolute atomic E-state index is 8.36. The van der Waals surface area contributed by atoms with Crippen LogP contribution in [0.5, 0.6) is 0 Å². The smallest absolute Gasteiger partial charge is 0.0631 e. The van der Waals surface area contributed by atoms with E-state index in [2.05, 4.69) is 10.0 Å². The van der Waals surface area contributed by atoms with Gasteiger partial charge in [0.25, 0.3) is 0 Å². The molecule has 0 aliphatic heterocycles. The molecule has 1 aliphatic rings. The van der Waals surface area contributed by atoms with Crippen molar-refractivity contribution in [2.24, 2.45) is 5.11 Å². The van der Waals surface area contributed by atoms with E-state index in [1.807, 2.05) is 24.3 Å². The van der Waals surface area contributed by atoms with E-state index in [0.29, 0.717) is 6.42 Å². The van der Waals surface area contributed by atoms with Gasteiger partial charge in [-0.3, -0.25) is 0 Å². The Bertz CT molecular complexity index is 384. The summed E-state index contributed by atoms with van der Waals surface area (Å²) in [5.41, 5.74) is 10.3. The van der Waals surface area contributed by atoms with Crippen LogP contribution in [0.25, 0.3) is 10.4 Å². The van der Waals surface area contributed by atoms with E-state index < -0.39 is 6.02 Å². The third kappa shape index (κ3) is 1.04. The Hall–Kier alpha value is -1.47. The van der Waals surface area contributed by atoms with E-state index in [4.69, 9.17) is 6.90 Å². The summed E-state index contributed by atoms with van der Waals surface area (Å²) < 4.78 is 7.94. The largest absolute Gasteiger partial charge is 0.0859 e. The molecule has 0 saturated carbocycles. The molecule has 0 saturated heterocycles. The van der Waals surface area contributed by atoms with Gasteiger partial charge in [-0.2, -0.15) is 0 Å². The molecule has 1 atom stereocenters. The molecular weight excluding hydrogens is 150 g/mol. The maximum atomic E-state index is 8.36. The van der Waals surface area contributed by atoms with Crippen LogP contribution < -0.4 is 0 Å². The van der Waals surface area contributed by atoms with Gasteiger partial charge in [0.1, 0.15) is 0 Å². The Morgan fingerprint density at radius 2 is 2.42 bits per heavy atom. The van der Waals surface area contributed by atoms with Crippen molar-refractivity contribution in [3.63, 3.8) is 0 Å². The zero-order chi connectivity index (χ0) is 9.31. The summed E-state index contributed by atoms with van der Waals surface area (Å²) in [6.07, 6.45) is 1.43. The Morgan fingerprint density at radius 1 is 1.58 bits per heavy atom. The number of benzene rings is 1. The third-order valence-electron chi connectivity index (χ3n) is 2.12. The van der Waals surface area contributed by atoms with Crippen molar-refractivity contribution in [3.8, 4) is 0 Å². The van der Waals surface area contributed by atoms with Gasteiger partial charge in [0.2, 0.25) is 0 Å². The zero-order valence-electron chi connectivity index (χ0n) is 7.57. The van der Waals surface area contributed by atoms with Crippen molar-refractivity contribution >= 4 is 0 Å². The standard InChI is InChI=1S/C9H9N3/c10-12-11-9-6-5-7-3-1-2-4-8(7)9/h1-4,9H,5-6H2/i9D. The molecule has 0 amide bonds. The lowest BCUT2D eigenvalue weighted by Crippen LogP contribution is -1.85. The lowest BCUT2D eigenvalue weighted by molar-refractivity contribution is 0.707. The third-order valence-corrected chi connectivity index (χ3v) is 2.12. The number of fused-ring (bicyclic) bond motifs is 1. The molecule has 0 radical (unpaired) electrons. The Kier molecular flexibility index (Phi) is 1.46. The second-order valence-corrected chi connectivity index (χ2v) is 2.79. The van der Waals surface area contributed by atoms with Gasteiger partial charge in [-0.25, -0.2) is 0 Å². The first kappa shape index (κ1) is 6.09. The molecule has 1 aromatic rings. The van der Waals surface area contributed by atoms with E-state index in [0.717, 1.165) is 17.5 Å². The molecule has 1 aromatic carbocycles. The number of aryl methyl sites for hydroxylation is 1. The fourth-order valence-corrected chi connectivity index (χ4v) is 1.57. The molecule has 1 aliphatic carbocycles. The SMILES string of the molecule is [2H]C1(N=[N+]=[N-])CCc2ccccc21. The summed E-state index contributed by atoms with van der Waals surface area (Å²) in [6.45, 7) is 0. The summed E-state index contributed by atoms with van der Waals surface area (Å²) in [4.78, 5) is 2.73. The van der Waals surface area contributed by atoms with Crippen LogP contribution in [0.3, 0.4) is 0 Å². The second kappa shape index (κ2) is 2.88. The monoisotopic (exact) mass is 160 g/mol. The number of azide groups is 1. The van der Waals surface area contributed by atoms with Crippen LogP contribution in [0.4, 0.5) is 0 Å². The first-order valence-corrected chi connectivity index (χ1v) is 3.91. The molecule has 12 heavy (non-hydrogen) atoms. The highest BCUT2D eigenvalue weighted by molar-refractivity contribution is 5.34. The average Bonchev–Trinajstić information content (AvgIpc) is 2.46. The maximum Gasteiger partial charge on any atom is 0.0631 e. The predicted octanol–water partition coefficient (Wildman–Crippen LogP) is 2.98. The lowest BCUT2D eigenvalue weighted by atomic mass is 10.1. The Morgan fingerprint density at radius 3 is 3.25 bits per heavy atom. The molecule has 3 nitrogen and oxygen atoms in total. The van der Waals surface area contributed by atoms with Crippen molar-refractivity contribution in [2.45, 2.75) is 18.9 Å². The summed E-state index contributed by atoms with van der Waals surface area (Å²) in [6, 6.07) is 6.61. The van der Waals surface area contributed by atoms with Crippen LogP contribution in [-0.2, 0) is 6.42 Å². The molecule has 0 heterocycles. The highest BCUT2D eigenvalue weighted by Crippen LogP contribution is 2.33. The summed E-state index contributed by atoms with van der Waals surface area (Å²) >= 11 is 0. The van der Waals surface area contributed by atoms with Gasteiger partial charge in [0.15, 0.2) is 0 Å². The van der Waals surface area contributed by atoms with E-state index in [9.17, 15) is 0 Å². The van der Waals surface area contributed by atoms with Gasteiger partial charge in [-0.15, -0.1) is 0 Å². The molecule has 2 rings (SSSR count). The van der Waals surface area contributed by atoms with E-state index in [1.54, 1.807) is 0 Å². The van der Waals surface area contributed by atoms with Gasteiger partial charge in [-0.1, -0.05) is 29.4 Å². The van der Waals surface area contributed by atoms with Gasteiger partial charge in [0.05, 0.1) is 6.02 Å². The molecule has 0 N–H and O–H groups in total. The van der Waals surface area contributed by atoms with Crippen LogP contribution in [0.2, 0.25) is 0 Å². The van der Waals surface area contributed by atoms with Crippen molar-refractivity contribution in [2.75, 3.05) is 0 Å². The van der Waals surface area contributed by atoms with E-state index in [-0.39, 0.29) is 0 Å².